The first-order chi connectivity index (χ1) is 17.5. The molecule has 0 aliphatic heterocycles. The van der Waals surface area contributed by atoms with E-state index in [9.17, 15) is 9.18 Å². The molecule has 6 aromatic rings. The lowest BCUT2D eigenvalue weighted by Crippen LogP contribution is -2.12. The highest BCUT2D eigenvalue weighted by Gasteiger charge is 2.14. The predicted molar refractivity (Wildman–Crippen MR) is 137 cm³/mol. The number of fused-ring (bicyclic) bond motifs is 2. The minimum Gasteiger partial charge on any atom is -0.322 e. The van der Waals surface area contributed by atoms with Crippen LogP contribution in [0.4, 0.5) is 10.1 Å². The first kappa shape index (κ1) is 21.7. The molecular formula is C28H21FN6O. The molecule has 6 rings (SSSR count). The van der Waals surface area contributed by atoms with E-state index in [1.807, 2.05) is 70.8 Å². The molecular weight excluding hydrogens is 455 g/mol. The Hall–Kier alpha value is -4.85. The Balaban J connectivity index is 1.22. The first-order valence-electron chi connectivity index (χ1n) is 11.5. The van der Waals surface area contributed by atoms with Crippen molar-refractivity contribution in [2.24, 2.45) is 0 Å². The number of anilines is 1. The lowest BCUT2D eigenvalue weighted by molar-refractivity contribution is 0.102. The van der Waals surface area contributed by atoms with Crippen molar-refractivity contribution >= 4 is 33.7 Å². The van der Waals surface area contributed by atoms with Gasteiger partial charge in [-0.05, 0) is 79.2 Å². The van der Waals surface area contributed by atoms with Gasteiger partial charge in [0.2, 0.25) is 0 Å². The number of rotatable bonds is 5. The Kier molecular flexibility index (Phi) is 5.26. The van der Waals surface area contributed by atoms with Gasteiger partial charge in [-0.2, -0.15) is 0 Å². The number of para-hydroxylation sites is 1. The molecule has 4 aromatic carbocycles. The topological polar surface area (TPSA) is 77.6 Å². The Morgan fingerprint density at radius 2 is 1.67 bits per heavy atom. The highest BCUT2D eigenvalue weighted by atomic mass is 19.1. The van der Waals surface area contributed by atoms with Crippen molar-refractivity contribution in [2.75, 3.05) is 5.32 Å². The van der Waals surface area contributed by atoms with Crippen LogP contribution in [0.3, 0.4) is 0 Å². The van der Waals surface area contributed by atoms with Crippen LogP contribution in [0.25, 0.3) is 27.8 Å². The number of nitrogens with one attached hydrogen (secondary N) is 1. The largest absolute Gasteiger partial charge is 0.322 e. The molecule has 0 bridgehead atoms. The fraction of sp³-hybridized carbons (Fsp3) is 0.0714. The molecule has 0 spiro atoms. The minimum atomic E-state index is -0.304. The molecule has 176 valence electrons. The molecule has 0 saturated heterocycles. The summed E-state index contributed by atoms with van der Waals surface area (Å²) in [6.07, 6.45) is 0. The van der Waals surface area contributed by atoms with Crippen molar-refractivity contribution in [3.8, 4) is 5.69 Å². The van der Waals surface area contributed by atoms with E-state index < -0.39 is 0 Å². The first-order valence-corrected chi connectivity index (χ1v) is 11.5. The molecule has 0 aliphatic rings. The summed E-state index contributed by atoms with van der Waals surface area (Å²) < 4.78 is 17.2. The van der Waals surface area contributed by atoms with Gasteiger partial charge >= 0.3 is 0 Å². The number of halogens is 1. The van der Waals surface area contributed by atoms with E-state index in [1.165, 1.54) is 12.1 Å². The number of aromatic nitrogens is 5. The van der Waals surface area contributed by atoms with E-state index in [-0.39, 0.29) is 11.7 Å². The van der Waals surface area contributed by atoms with Gasteiger partial charge in [0.15, 0.2) is 0 Å². The molecule has 1 amide bonds. The van der Waals surface area contributed by atoms with E-state index in [0.29, 0.717) is 17.8 Å². The molecule has 36 heavy (non-hydrogen) atoms. The zero-order valence-corrected chi connectivity index (χ0v) is 19.4. The summed E-state index contributed by atoms with van der Waals surface area (Å²) in [7, 11) is 0. The van der Waals surface area contributed by atoms with E-state index in [2.05, 4.69) is 20.6 Å². The Morgan fingerprint density at radius 3 is 2.47 bits per heavy atom. The van der Waals surface area contributed by atoms with Crippen molar-refractivity contribution in [2.45, 2.75) is 13.5 Å². The van der Waals surface area contributed by atoms with E-state index in [1.54, 1.807) is 24.3 Å². The zero-order valence-electron chi connectivity index (χ0n) is 19.4. The van der Waals surface area contributed by atoms with Crippen molar-refractivity contribution < 1.29 is 9.18 Å². The van der Waals surface area contributed by atoms with Gasteiger partial charge in [0.25, 0.3) is 5.91 Å². The maximum atomic E-state index is 13.4. The normalized spacial score (nSPS) is 11.3. The van der Waals surface area contributed by atoms with Crippen LogP contribution in [0.5, 0.6) is 0 Å². The Labute approximate surface area is 205 Å². The number of nitrogens with zero attached hydrogens (tertiary/aromatic N) is 5. The number of carbonyl (C=O) groups excluding carboxylic acids is 1. The van der Waals surface area contributed by atoms with E-state index in [0.717, 1.165) is 39.1 Å². The quantitative estimate of drug-likeness (QED) is 0.356. The lowest BCUT2D eigenvalue weighted by Gasteiger charge is -2.09. The summed E-state index contributed by atoms with van der Waals surface area (Å²) in [6.45, 7) is 2.46. The third-order valence-electron chi connectivity index (χ3n) is 6.13. The second-order valence-corrected chi connectivity index (χ2v) is 8.56. The summed E-state index contributed by atoms with van der Waals surface area (Å²) in [5, 5.41) is 11.4. The number of hydrogen-bond donors (Lipinski definition) is 1. The van der Waals surface area contributed by atoms with Gasteiger partial charge in [-0.25, -0.2) is 14.1 Å². The maximum Gasteiger partial charge on any atom is 0.255 e. The third kappa shape index (κ3) is 3.98. The molecule has 0 radical (unpaired) electrons. The molecule has 0 aliphatic carbocycles. The molecule has 7 nitrogen and oxygen atoms in total. The van der Waals surface area contributed by atoms with Gasteiger partial charge in [0, 0.05) is 16.9 Å². The van der Waals surface area contributed by atoms with Crippen LogP contribution < -0.4 is 5.32 Å². The number of imidazole rings is 1. The van der Waals surface area contributed by atoms with Crippen LogP contribution in [0.15, 0.2) is 91.0 Å². The number of carbonyl (C=O) groups is 1. The predicted octanol–water partition coefficient (Wildman–Crippen LogP) is 5.52. The molecule has 2 heterocycles. The average Bonchev–Trinajstić information content (AvgIpc) is 3.45. The van der Waals surface area contributed by atoms with Crippen molar-refractivity contribution in [3.63, 3.8) is 0 Å². The molecule has 2 aromatic heterocycles. The minimum absolute atomic E-state index is 0.226. The van der Waals surface area contributed by atoms with Crippen LogP contribution in [0.2, 0.25) is 0 Å². The van der Waals surface area contributed by atoms with Gasteiger partial charge in [0.1, 0.15) is 17.2 Å². The van der Waals surface area contributed by atoms with Crippen LogP contribution in [0, 0.1) is 12.7 Å². The van der Waals surface area contributed by atoms with Crippen LogP contribution in [-0.4, -0.2) is 30.5 Å². The van der Waals surface area contributed by atoms with Gasteiger partial charge < -0.3 is 5.32 Å². The fourth-order valence-corrected chi connectivity index (χ4v) is 4.36. The van der Waals surface area contributed by atoms with Crippen LogP contribution in [-0.2, 0) is 6.54 Å². The van der Waals surface area contributed by atoms with Crippen LogP contribution in [0.1, 0.15) is 21.7 Å². The molecule has 0 atom stereocenters. The van der Waals surface area contributed by atoms with Gasteiger partial charge in [-0.15, -0.1) is 5.10 Å². The molecule has 8 heteroatoms. The zero-order chi connectivity index (χ0) is 24.6. The Bertz CT molecular complexity index is 1720. The second-order valence-electron chi connectivity index (χ2n) is 8.56. The third-order valence-corrected chi connectivity index (χ3v) is 6.13. The highest BCUT2D eigenvalue weighted by Crippen LogP contribution is 2.23. The number of benzene rings is 4. The number of aryl methyl sites for hydroxylation is 1. The maximum absolute atomic E-state index is 13.4. The standard InChI is InChI=1S/C28H21FN6O/c1-18-30-24-15-8-20(16-27(24)35(18)23-13-9-21(29)10-14-23)28(36)31-22-11-6-19(7-12-22)17-34-26-5-3-2-4-25(26)32-33-34/h2-16H,17H2,1H3,(H,31,36). The molecule has 1 N–H and O–H groups in total. The Morgan fingerprint density at radius 1 is 0.889 bits per heavy atom. The van der Waals surface area contributed by atoms with E-state index >= 15 is 0 Å². The SMILES string of the molecule is Cc1nc2ccc(C(=O)Nc3ccc(Cn4nnc5ccccc54)cc3)cc2n1-c1ccc(F)cc1. The summed E-state index contributed by atoms with van der Waals surface area (Å²) in [5.41, 5.74) is 6.39. The highest BCUT2D eigenvalue weighted by molar-refractivity contribution is 6.06. The lowest BCUT2D eigenvalue weighted by atomic mass is 10.1. The second kappa shape index (κ2) is 8.74. The fourth-order valence-electron chi connectivity index (χ4n) is 4.36. The summed E-state index contributed by atoms with van der Waals surface area (Å²) >= 11 is 0. The summed E-state index contributed by atoms with van der Waals surface area (Å²) in [4.78, 5) is 17.6. The summed E-state index contributed by atoms with van der Waals surface area (Å²) in [6, 6.07) is 27.1. The number of hydrogen-bond acceptors (Lipinski definition) is 4. The number of amides is 1. The molecule has 0 fully saturated rings. The van der Waals surface area contributed by atoms with E-state index in [4.69, 9.17) is 0 Å². The monoisotopic (exact) mass is 476 g/mol. The van der Waals surface area contributed by atoms with Crippen molar-refractivity contribution in [1.29, 1.82) is 0 Å². The van der Waals surface area contributed by atoms with Gasteiger partial charge in [-0.1, -0.05) is 29.5 Å². The average molecular weight is 477 g/mol. The summed E-state index contributed by atoms with van der Waals surface area (Å²) in [5.74, 6) is 0.225. The van der Waals surface area contributed by atoms with Crippen molar-refractivity contribution in [3.05, 3.63) is 114 Å². The smallest absolute Gasteiger partial charge is 0.255 e. The molecule has 0 saturated carbocycles. The van der Waals surface area contributed by atoms with Crippen molar-refractivity contribution in [1.82, 2.24) is 24.5 Å². The molecule has 0 unspecified atom stereocenters. The van der Waals surface area contributed by atoms with Crippen LogP contribution >= 0.6 is 0 Å². The van der Waals surface area contributed by atoms with Gasteiger partial charge in [-0.3, -0.25) is 9.36 Å². The van der Waals surface area contributed by atoms with Gasteiger partial charge in [0.05, 0.1) is 23.1 Å².